The van der Waals surface area contributed by atoms with E-state index in [0.717, 1.165) is 33.3 Å². The Morgan fingerprint density at radius 2 is 1.83 bits per heavy atom. The lowest BCUT2D eigenvalue weighted by atomic mass is 10.1. The highest BCUT2D eigenvalue weighted by Crippen LogP contribution is 2.22. The third kappa shape index (κ3) is 5.17. The lowest BCUT2D eigenvalue weighted by Crippen LogP contribution is -2.30. The van der Waals surface area contributed by atoms with Gasteiger partial charge in [0.1, 0.15) is 11.5 Å². The Bertz CT molecular complexity index is 1040. The van der Waals surface area contributed by atoms with Gasteiger partial charge >= 0.3 is 5.97 Å². The number of hydrogen-bond donors (Lipinski definition) is 0. The number of rotatable bonds is 8. The van der Waals surface area contributed by atoms with Gasteiger partial charge in [-0.1, -0.05) is 23.4 Å². The smallest absolute Gasteiger partial charge is 0.306 e. The van der Waals surface area contributed by atoms with Crippen molar-refractivity contribution in [3.05, 3.63) is 59.0 Å². The van der Waals surface area contributed by atoms with E-state index in [4.69, 9.17) is 14.0 Å². The molecule has 0 fully saturated rings. The van der Waals surface area contributed by atoms with Crippen LogP contribution >= 0.6 is 0 Å². The van der Waals surface area contributed by atoms with Gasteiger partial charge in [-0.2, -0.15) is 0 Å². The molecule has 0 atom stereocenters. The summed E-state index contributed by atoms with van der Waals surface area (Å²) in [5.74, 6) is 0.829. The highest BCUT2D eigenvalue weighted by molar-refractivity contribution is 5.85. The number of esters is 1. The maximum Gasteiger partial charge on any atom is 0.306 e. The maximum absolute atomic E-state index is 12.3. The Balaban J connectivity index is 1.49. The first-order chi connectivity index (χ1) is 14.4. The summed E-state index contributed by atoms with van der Waals surface area (Å²) in [4.78, 5) is 25.9. The topological polar surface area (TPSA) is 81.9 Å². The highest BCUT2D eigenvalue weighted by Gasteiger charge is 2.15. The summed E-state index contributed by atoms with van der Waals surface area (Å²) in [7, 11) is 3.33. The second kappa shape index (κ2) is 9.43. The molecule has 0 saturated heterocycles. The minimum atomic E-state index is -0.420. The second-order valence-corrected chi connectivity index (χ2v) is 7.26. The summed E-state index contributed by atoms with van der Waals surface area (Å²) >= 11 is 0. The monoisotopic (exact) mass is 410 g/mol. The Morgan fingerprint density at radius 1 is 1.10 bits per heavy atom. The van der Waals surface area contributed by atoms with Crippen LogP contribution in [0.5, 0.6) is 5.75 Å². The summed E-state index contributed by atoms with van der Waals surface area (Å²) < 4.78 is 15.5. The van der Waals surface area contributed by atoms with E-state index in [2.05, 4.69) is 5.16 Å². The van der Waals surface area contributed by atoms with Crippen molar-refractivity contribution >= 4 is 22.6 Å². The third-order valence-corrected chi connectivity index (χ3v) is 5.07. The number of fused-ring (bicyclic) bond motifs is 1. The molecular weight excluding hydrogens is 384 g/mol. The number of aryl methyl sites for hydroxylation is 2. The van der Waals surface area contributed by atoms with E-state index in [1.54, 1.807) is 19.1 Å². The molecule has 0 saturated carbocycles. The number of carbonyl (C=O) groups excluding carboxylic acids is 2. The van der Waals surface area contributed by atoms with Crippen LogP contribution in [0.2, 0.25) is 0 Å². The Labute approximate surface area is 175 Å². The molecule has 7 heteroatoms. The molecule has 0 radical (unpaired) electrons. The van der Waals surface area contributed by atoms with Crippen molar-refractivity contribution in [3.8, 4) is 5.75 Å². The average Bonchev–Trinajstić information content (AvgIpc) is 3.07. The predicted octanol–water partition coefficient (Wildman–Crippen LogP) is 3.59. The number of carbonyl (C=O) groups is 2. The number of nitrogens with zero attached hydrogens (tertiary/aromatic N) is 2. The number of likely N-dealkylation sites (N-methyl/N-ethyl adjacent to an activating group) is 1. The Hall–Kier alpha value is -3.35. The first-order valence-corrected chi connectivity index (χ1v) is 9.75. The third-order valence-electron chi connectivity index (χ3n) is 5.07. The van der Waals surface area contributed by atoms with Crippen LogP contribution in [0.15, 0.2) is 40.9 Å². The number of hydrogen-bond acceptors (Lipinski definition) is 6. The molecule has 3 aromatic rings. The molecule has 1 aromatic heterocycles. The second-order valence-electron chi connectivity index (χ2n) is 7.26. The van der Waals surface area contributed by atoms with Gasteiger partial charge < -0.3 is 18.9 Å². The molecule has 0 aliphatic rings. The molecule has 30 heavy (non-hydrogen) atoms. The van der Waals surface area contributed by atoms with E-state index in [1.165, 1.54) is 0 Å². The van der Waals surface area contributed by atoms with Gasteiger partial charge in [0.2, 0.25) is 0 Å². The first-order valence-electron chi connectivity index (χ1n) is 9.75. The molecule has 3 rings (SSSR count). The molecular formula is C23H26N2O5. The van der Waals surface area contributed by atoms with Crippen molar-refractivity contribution in [1.82, 2.24) is 10.1 Å². The average molecular weight is 410 g/mol. The normalized spacial score (nSPS) is 10.8. The molecule has 2 aromatic carbocycles. The van der Waals surface area contributed by atoms with E-state index in [1.807, 2.05) is 50.2 Å². The molecule has 1 heterocycles. The van der Waals surface area contributed by atoms with E-state index < -0.39 is 5.97 Å². The lowest BCUT2D eigenvalue weighted by molar-refractivity contribution is -0.151. The minimum absolute atomic E-state index is 0.175. The van der Waals surface area contributed by atoms with Gasteiger partial charge in [0.15, 0.2) is 6.61 Å². The molecule has 158 valence electrons. The van der Waals surface area contributed by atoms with Crippen LogP contribution in [0.1, 0.15) is 29.0 Å². The molecule has 0 aliphatic carbocycles. The number of methoxy groups -OCH3 is 1. The SMILES string of the molecule is COc1ccc2cc(CN(C)C(=O)COC(=O)CCc3c(C)noc3C)ccc2c1. The molecule has 1 amide bonds. The van der Waals surface area contributed by atoms with Gasteiger partial charge in [0.05, 0.1) is 12.8 Å². The van der Waals surface area contributed by atoms with Gasteiger partial charge in [0.25, 0.3) is 5.91 Å². The van der Waals surface area contributed by atoms with E-state index in [-0.39, 0.29) is 18.9 Å². The van der Waals surface area contributed by atoms with Crippen molar-refractivity contribution in [3.63, 3.8) is 0 Å². The number of benzene rings is 2. The van der Waals surface area contributed by atoms with E-state index >= 15 is 0 Å². The summed E-state index contributed by atoms with van der Waals surface area (Å²) in [5.41, 5.74) is 2.67. The predicted molar refractivity (Wildman–Crippen MR) is 112 cm³/mol. The number of amides is 1. The Morgan fingerprint density at radius 3 is 2.53 bits per heavy atom. The van der Waals surface area contributed by atoms with Gasteiger partial charge in [-0.3, -0.25) is 9.59 Å². The zero-order chi connectivity index (χ0) is 21.7. The van der Waals surface area contributed by atoms with Gasteiger partial charge in [-0.05, 0) is 54.8 Å². The van der Waals surface area contributed by atoms with E-state index in [9.17, 15) is 9.59 Å². The number of ether oxygens (including phenoxy) is 2. The van der Waals surface area contributed by atoms with Crippen LogP contribution in [0.3, 0.4) is 0 Å². The lowest BCUT2D eigenvalue weighted by Gasteiger charge is -2.17. The van der Waals surface area contributed by atoms with Crippen LogP contribution in [-0.4, -0.2) is 42.7 Å². The fraction of sp³-hybridized carbons (Fsp3) is 0.348. The minimum Gasteiger partial charge on any atom is -0.497 e. The van der Waals surface area contributed by atoms with E-state index in [0.29, 0.717) is 18.7 Å². The molecule has 0 aliphatic heterocycles. The standard InChI is InChI=1S/C23H26N2O5/c1-15-21(16(2)30-24-15)9-10-23(27)29-14-22(26)25(3)13-17-5-6-19-12-20(28-4)8-7-18(19)11-17/h5-8,11-12H,9-10,13-14H2,1-4H3. The largest absolute Gasteiger partial charge is 0.497 e. The van der Waals surface area contributed by atoms with Crippen LogP contribution in [0.25, 0.3) is 10.8 Å². The van der Waals surface area contributed by atoms with Crippen molar-refractivity contribution < 1.29 is 23.6 Å². The summed E-state index contributed by atoms with van der Waals surface area (Å²) in [6.07, 6.45) is 0.653. The number of aromatic nitrogens is 1. The van der Waals surface area contributed by atoms with Crippen LogP contribution in [-0.2, 0) is 27.3 Å². The zero-order valence-electron chi connectivity index (χ0n) is 17.7. The van der Waals surface area contributed by atoms with Crippen molar-refractivity contribution in [2.24, 2.45) is 0 Å². The maximum atomic E-state index is 12.3. The Kier molecular flexibility index (Phi) is 6.72. The quantitative estimate of drug-likeness (QED) is 0.528. The fourth-order valence-corrected chi connectivity index (χ4v) is 3.27. The summed E-state index contributed by atoms with van der Waals surface area (Å²) in [6.45, 7) is 3.79. The zero-order valence-corrected chi connectivity index (χ0v) is 17.7. The molecule has 0 N–H and O–H groups in total. The molecule has 0 unspecified atom stereocenters. The van der Waals surface area contributed by atoms with Crippen LogP contribution < -0.4 is 4.74 Å². The molecule has 0 bridgehead atoms. The first kappa shape index (κ1) is 21.4. The van der Waals surface area contributed by atoms with Gasteiger partial charge in [-0.15, -0.1) is 0 Å². The molecule has 7 nitrogen and oxygen atoms in total. The summed E-state index contributed by atoms with van der Waals surface area (Å²) in [5, 5.41) is 6.00. The van der Waals surface area contributed by atoms with Crippen LogP contribution in [0, 0.1) is 13.8 Å². The van der Waals surface area contributed by atoms with Crippen molar-refractivity contribution in [1.29, 1.82) is 0 Å². The summed E-state index contributed by atoms with van der Waals surface area (Å²) in [6, 6.07) is 11.9. The van der Waals surface area contributed by atoms with Crippen molar-refractivity contribution in [2.45, 2.75) is 33.2 Å². The van der Waals surface area contributed by atoms with Crippen LogP contribution in [0.4, 0.5) is 0 Å². The highest BCUT2D eigenvalue weighted by atomic mass is 16.5. The van der Waals surface area contributed by atoms with Gasteiger partial charge in [-0.25, -0.2) is 0 Å². The van der Waals surface area contributed by atoms with Gasteiger partial charge in [0, 0.05) is 25.6 Å². The van der Waals surface area contributed by atoms with Crippen molar-refractivity contribution in [2.75, 3.05) is 20.8 Å². The molecule has 0 spiro atoms. The fourth-order valence-electron chi connectivity index (χ4n) is 3.27.